The number of hydrogen-bond acceptors (Lipinski definition) is 3. The van der Waals surface area contributed by atoms with Crippen LogP contribution in [0.25, 0.3) is 0 Å². The molecule has 0 radical (unpaired) electrons. The minimum atomic E-state index is -3.84. The SMILES string of the molecule is O=S(=O)(Nc1cc(F)cc(Cl)c1)c1cncc(Br)c1. The zero-order valence-electron chi connectivity index (χ0n) is 9.27. The molecule has 0 amide bonds. The van der Waals surface area contributed by atoms with Crippen LogP contribution >= 0.6 is 27.5 Å². The molecule has 0 spiro atoms. The van der Waals surface area contributed by atoms with Gasteiger partial charge in [-0.2, -0.15) is 0 Å². The summed E-state index contributed by atoms with van der Waals surface area (Å²) in [4.78, 5) is 3.72. The first-order chi connectivity index (χ1) is 8.87. The summed E-state index contributed by atoms with van der Waals surface area (Å²) in [5, 5.41) is 0.102. The van der Waals surface area contributed by atoms with Crippen LogP contribution in [0.1, 0.15) is 0 Å². The molecule has 100 valence electrons. The van der Waals surface area contributed by atoms with Gasteiger partial charge in [0, 0.05) is 21.9 Å². The van der Waals surface area contributed by atoms with Gasteiger partial charge in [0.15, 0.2) is 0 Å². The summed E-state index contributed by atoms with van der Waals surface area (Å²) in [7, 11) is -3.84. The zero-order valence-corrected chi connectivity index (χ0v) is 12.4. The molecule has 0 aliphatic heterocycles. The van der Waals surface area contributed by atoms with E-state index in [2.05, 4.69) is 25.6 Å². The number of hydrogen-bond donors (Lipinski definition) is 1. The summed E-state index contributed by atoms with van der Waals surface area (Å²) in [5.41, 5.74) is 0.0463. The van der Waals surface area contributed by atoms with Crippen LogP contribution in [0.3, 0.4) is 0 Å². The Balaban J connectivity index is 2.36. The minimum absolute atomic E-state index is 0.0396. The van der Waals surface area contributed by atoms with Crippen molar-refractivity contribution in [1.29, 1.82) is 0 Å². The van der Waals surface area contributed by atoms with Crippen molar-refractivity contribution in [2.45, 2.75) is 4.90 Å². The Morgan fingerprint density at radius 2 is 1.95 bits per heavy atom. The van der Waals surface area contributed by atoms with Crippen LogP contribution < -0.4 is 4.72 Å². The number of benzene rings is 1. The Labute approximate surface area is 122 Å². The van der Waals surface area contributed by atoms with Crippen molar-refractivity contribution in [3.8, 4) is 0 Å². The smallest absolute Gasteiger partial charge is 0.263 e. The molecule has 1 N–H and O–H groups in total. The van der Waals surface area contributed by atoms with Crippen LogP contribution in [0.2, 0.25) is 5.02 Å². The average Bonchev–Trinajstić information content (AvgIpc) is 2.26. The third-order valence-corrected chi connectivity index (χ3v) is 4.11. The van der Waals surface area contributed by atoms with Gasteiger partial charge in [0.1, 0.15) is 10.7 Å². The second-order valence-corrected chi connectivity index (χ2v) is 6.64. The number of rotatable bonds is 3. The summed E-state index contributed by atoms with van der Waals surface area (Å²) < 4.78 is 40.0. The van der Waals surface area contributed by atoms with Crippen LogP contribution in [0.15, 0.2) is 46.0 Å². The average molecular weight is 366 g/mol. The Morgan fingerprint density at radius 3 is 2.58 bits per heavy atom. The molecule has 4 nitrogen and oxygen atoms in total. The van der Waals surface area contributed by atoms with Crippen molar-refractivity contribution in [3.05, 3.63) is 52.0 Å². The van der Waals surface area contributed by atoms with Crippen LogP contribution in [0.4, 0.5) is 10.1 Å². The molecule has 1 aromatic carbocycles. The number of anilines is 1. The third-order valence-electron chi connectivity index (χ3n) is 2.10. The number of nitrogens with zero attached hydrogens (tertiary/aromatic N) is 1. The van der Waals surface area contributed by atoms with Crippen LogP contribution in [-0.2, 0) is 10.0 Å². The molecule has 0 saturated heterocycles. The summed E-state index contributed by atoms with van der Waals surface area (Å²) in [6.07, 6.45) is 2.64. The van der Waals surface area contributed by atoms with Gasteiger partial charge in [0.25, 0.3) is 10.0 Å². The predicted octanol–water partition coefficient (Wildman–Crippen LogP) is 3.44. The van der Waals surface area contributed by atoms with E-state index in [1.807, 2.05) is 0 Å². The molecular weight excluding hydrogens is 359 g/mol. The van der Waals surface area contributed by atoms with E-state index in [1.54, 1.807) is 0 Å². The molecule has 0 unspecified atom stereocenters. The molecule has 0 aliphatic carbocycles. The number of sulfonamides is 1. The van der Waals surface area contributed by atoms with E-state index in [4.69, 9.17) is 11.6 Å². The minimum Gasteiger partial charge on any atom is -0.279 e. The van der Waals surface area contributed by atoms with Gasteiger partial charge in [-0.1, -0.05) is 11.6 Å². The first-order valence-corrected chi connectivity index (χ1v) is 7.62. The van der Waals surface area contributed by atoms with Gasteiger partial charge in [-0.15, -0.1) is 0 Å². The lowest BCUT2D eigenvalue weighted by molar-refractivity contribution is 0.600. The highest BCUT2D eigenvalue weighted by Crippen LogP contribution is 2.22. The largest absolute Gasteiger partial charge is 0.279 e. The normalized spacial score (nSPS) is 11.3. The standard InChI is InChI=1S/C11H7BrClFN2O2S/c12-7-1-11(6-15-5-7)19(17,18)16-10-3-8(13)2-9(14)4-10/h1-6,16H. The molecule has 2 aromatic rings. The molecule has 1 heterocycles. The van der Waals surface area contributed by atoms with E-state index < -0.39 is 15.8 Å². The predicted molar refractivity (Wildman–Crippen MR) is 74.2 cm³/mol. The summed E-state index contributed by atoms with van der Waals surface area (Å²) >= 11 is 8.78. The monoisotopic (exact) mass is 364 g/mol. The maximum atomic E-state index is 13.1. The Kier molecular flexibility index (Phi) is 4.07. The Morgan fingerprint density at radius 1 is 1.21 bits per heavy atom. The highest BCUT2D eigenvalue weighted by atomic mass is 79.9. The second-order valence-electron chi connectivity index (χ2n) is 3.60. The first-order valence-electron chi connectivity index (χ1n) is 4.96. The summed E-state index contributed by atoms with van der Waals surface area (Å²) in [6.45, 7) is 0. The summed E-state index contributed by atoms with van der Waals surface area (Å²) in [6, 6.07) is 4.82. The molecule has 0 fully saturated rings. The van der Waals surface area contributed by atoms with Crippen LogP contribution in [0, 0.1) is 5.82 Å². The number of pyridine rings is 1. The van der Waals surface area contributed by atoms with Gasteiger partial charge in [-0.05, 0) is 40.2 Å². The van der Waals surface area contributed by atoms with Crippen LogP contribution in [-0.4, -0.2) is 13.4 Å². The van der Waals surface area contributed by atoms with Crippen molar-refractivity contribution < 1.29 is 12.8 Å². The molecule has 0 saturated carbocycles. The molecule has 8 heteroatoms. The fourth-order valence-corrected chi connectivity index (χ4v) is 3.13. The molecule has 1 aromatic heterocycles. The van der Waals surface area contributed by atoms with Crippen molar-refractivity contribution in [2.75, 3.05) is 4.72 Å². The highest BCUT2D eigenvalue weighted by Gasteiger charge is 2.15. The van der Waals surface area contributed by atoms with Gasteiger partial charge < -0.3 is 0 Å². The second kappa shape index (κ2) is 5.44. The molecular formula is C11H7BrClFN2O2S. The van der Waals surface area contributed by atoms with Gasteiger partial charge in [-0.25, -0.2) is 12.8 Å². The van der Waals surface area contributed by atoms with E-state index in [0.29, 0.717) is 4.47 Å². The van der Waals surface area contributed by atoms with Gasteiger partial charge in [-0.3, -0.25) is 9.71 Å². The topological polar surface area (TPSA) is 59.1 Å². The fourth-order valence-electron chi connectivity index (χ4n) is 1.37. The Hall–Kier alpha value is -1.18. The highest BCUT2D eigenvalue weighted by molar-refractivity contribution is 9.10. The quantitative estimate of drug-likeness (QED) is 0.906. The molecule has 0 aliphatic rings. The van der Waals surface area contributed by atoms with E-state index in [9.17, 15) is 12.8 Å². The number of aromatic nitrogens is 1. The van der Waals surface area contributed by atoms with E-state index in [0.717, 1.165) is 12.1 Å². The van der Waals surface area contributed by atoms with Gasteiger partial charge >= 0.3 is 0 Å². The lowest BCUT2D eigenvalue weighted by atomic mass is 10.3. The van der Waals surface area contributed by atoms with Crippen molar-refractivity contribution >= 4 is 43.2 Å². The lowest BCUT2D eigenvalue weighted by Crippen LogP contribution is -2.13. The molecule has 2 rings (SSSR count). The number of nitrogens with one attached hydrogen (secondary N) is 1. The maximum absolute atomic E-state index is 13.1. The third kappa shape index (κ3) is 3.65. The van der Waals surface area contributed by atoms with E-state index in [-0.39, 0.29) is 15.6 Å². The lowest BCUT2D eigenvalue weighted by Gasteiger charge is -2.08. The zero-order chi connectivity index (χ0) is 14.0. The Bertz CT molecular complexity index is 704. The maximum Gasteiger partial charge on any atom is 0.263 e. The summed E-state index contributed by atoms with van der Waals surface area (Å²) in [5.74, 6) is -0.627. The molecule has 0 atom stereocenters. The van der Waals surface area contributed by atoms with Crippen molar-refractivity contribution in [1.82, 2.24) is 4.98 Å². The van der Waals surface area contributed by atoms with Gasteiger partial charge in [0.2, 0.25) is 0 Å². The van der Waals surface area contributed by atoms with Gasteiger partial charge in [0.05, 0.1) is 5.69 Å². The van der Waals surface area contributed by atoms with E-state index in [1.165, 1.54) is 24.5 Å². The molecule has 19 heavy (non-hydrogen) atoms. The first kappa shape index (κ1) is 14.2. The fraction of sp³-hybridized carbons (Fsp3) is 0. The number of halogens is 3. The molecule has 0 bridgehead atoms. The van der Waals surface area contributed by atoms with Crippen molar-refractivity contribution in [3.63, 3.8) is 0 Å². The van der Waals surface area contributed by atoms with Crippen LogP contribution in [0.5, 0.6) is 0 Å². The van der Waals surface area contributed by atoms with E-state index >= 15 is 0 Å². The van der Waals surface area contributed by atoms with Crippen molar-refractivity contribution in [2.24, 2.45) is 0 Å².